The van der Waals surface area contributed by atoms with E-state index in [9.17, 15) is 10.1 Å². The third kappa shape index (κ3) is 8.10. The van der Waals surface area contributed by atoms with E-state index in [2.05, 4.69) is 32.8 Å². The number of amides is 1. The fourth-order valence-electron chi connectivity index (χ4n) is 8.21. The Kier molecular flexibility index (Phi) is 12.2. The second-order valence-corrected chi connectivity index (χ2v) is 16.0. The first kappa shape index (κ1) is 39.6. The number of nitrogens with two attached hydrogens (primary N) is 2. The molecule has 7 N–H and O–H groups in total. The summed E-state index contributed by atoms with van der Waals surface area (Å²) in [6.45, 7) is 5.94. The number of rotatable bonds is 8. The minimum Gasteiger partial charge on any atom is -0.400 e. The van der Waals surface area contributed by atoms with Gasteiger partial charge >= 0.3 is 0 Å². The van der Waals surface area contributed by atoms with Crippen molar-refractivity contribution in [2.24, 2.45) is 23.4 Å². The van der Waals surface area contributed by atoms with Gasteiger partial charge in [-0.3, -0.25) is 10.6 Å². The topological polar surface area (TPSA) is 149 Å². The summed E-state index contributed by atoms with van der Waals surface area (Å²) in [7, 11) is 0. The van der Waals surface area contributed by atoms with Crippen molar-refractivity contribution in [3.05, 3.63) is 105 Å². The molecule has 1 unspecified atom stereocenters. The summed E-state index contributed by atoms with van der Waals surface area (Å²) in [6.07, 6.45) is 8.14. The first-order chi connectivity index (χ1) is 27.1. The van der Waals surface area contributed by atoms with Crippen LogP contribution in [-0.4, -0.2) is 39.9 Å². The Morgan fingerprint density at radius 1 is 1.09 bits per heavy atom. The minimum atomic E-state index is -0.484. The number of halogens is 3. The van der Waals surface area contributed by atoms with Crippen LogP contribution in [0.4, 0.5) is 4.39 Å². The number of likely N-dealkylation sites (tertiary alicyclic amines) is 1. The molecule has 0 radical (unpaired) electrons. The third-order valence-electron chi connectivity index (χ3n) is 11.5. The molecule has 1 amide bonds. The van der Waals surface area contributed by atoms with E-state index in [1.807, 2.05) is 55.1 Å². The van der Waals surface area contributed by atoms with Gasteiger partial charge in [-0.1, -0.05) is 72.6 Å². The van der Waals surface area contributed by atoms with Gasteiger partial charge in [-0.15, -0.1) is 0 Å². The highest BCUT2D eigenvalue weighted by Crippen LogP contribution is 2.43. The number of carbonyl (C=O) groups is 1. The van der Waals surface area contributed by atoms with Gasteiger partial charge in [0, 0.05) is 69.5 Å². The molecule has 3 saturated heterocycles. The van der Waals surface area contributed by atoms with Crippen molar-refractivity contribution in [2.45, 2.75) is 83.7 Å². The smallest absolute Gasteiger partial charge is 0.226 e. The molecular weight excluding hydrogens is 746 g/mol. The van der Waals surface area contributed by atoms with Crippen LogP contribution >= 0.6 is 23.2 Å². The lowest BCUT2D eigenvalue weighted by molar-refractivity contribution is -0.133. The molecular formula is C44H49Cl2FN8O. The fraction of sp³-hybridized carbons (Fsp3) is 0.386. The van der Waals surface area contributed by atoms with E-state index in [0.29, 0.717) is 39.2 Å². The summed E-state index contributed by atoms with van der Waals surface area (Å²) in [5.74, 6) is 6.40. The first-order valence-electron chi connectivity index (χ1n) is 19.6. The Balaban J connectivity index is 0.000000206. The molecule has 10 rings (SSSR count). The van der Waals surface area contributed by atoms with Gasteiger partial charge in [0.1, 0.15) is 5.52 Å². The minimum absolute atomic E-state index is 0.0117. The first-order valence-corrected chi connectivity index (χ1v) is 20.4. The van der Waals surface area contributed by atoms with Crippen LogP contribution < -0.4 is 22.3 Å². The second-order valence-electron chi connectivity index (χ2n) is 15.3. The SMILES string of the molecule is C1NC2CC1C2.CC/C(N)=C(/NN)c1ccccc1.Cc1nc2c(F)c(-c3cccc(Cl)c3Cl)c(CCC#N)cc2c2[nH]c(C3CCCN3C(=O)C3CC3)cc12. The molecule has 56 heavy (non-hydrogen) atoms. The predicted molar refractivity (Wildman–Crippen MR) is 224 cm³/mol. The molecule has 2 bridgehead atoms. The number of hydrogen-bond acceptors (Lipinski definition) is 7. The largest absolute Gasteiger partial charge is 0.400 e. The lowest BCUT2D eigenvalue weighted by Crippen LogP contribution is -2.31. The standard InChI is InChI=1S/C29H25Cl2FN4O.C10H15N3.C5H9N/c1-15-19-14-22(23-8-4-12-36(23)29(37)16-9-10-16)35-27(19)20-13-17(5-3-11-33)24(26(32)28(20)34-15)18-6-2-7-21(30)25(18)31;1-2-9(11)10(13-12)8-6-4-3-5-7-8;1-4-2-5(1)6-3-4/h2,6-7,13-14,16,23,35H,3-5,8-10,12H2,1H3;3-7,13H,2,11-12H2,1H3;4-6H,1-3H2/b;10-9-;. The Morgan fingerprint density at radius 3 is 2.48 bits per heavy atom. The Labute approximate surface area is 337 Å². The number of hydrazine groups is 1. The number of aromatic amines is 1. The van der Waals surface area contributed by atoms with Crippen molar-refractivity contribution in [3.63, 3.8) is 0 Å². The normalized spacial score (nSPS) is 20.0. The maximum atomic E-state index is 16.3. The van der Waals surface area contributed by atoms with Crippen LogP contribution in [0.5, 0.6) is 0 Å². The van der Waals surface area contributed by atoms with Crippen molar-refractivity contribution in [1.29, 1.82) is 5.26 Å². The lowest BCUT2D eigenvalue weighted by Gasteiger charge is -2.24. The average Bonchev–Trinajstić information content (AvgIpc) is 3.59. The monoisotopic (exact) mass is 794 g/mol. The van der Waals surface area contributed by atoms with Gasteiger partial charge in [0.25, 0.3) is 0 Å². The molecule has 1 atom stereocenters. The maximum absolute atomic E-state index is 16.3. The summed E-state index contributed by atoms with van der Waals surface area (Å²) >= 11 is 12.8. The number of benzene rings is 3. The molecule has 5 aromatic rings. The zero-order valence-corrected chi connectivity index (χ0v) is 33.4. The van der Waals surface area contributed by atoms with E-state index in [0.717, 1.165) is 84.2 Å². The molecule has 0 spiro atoms. The number of aromatic nitrogens is 2. The number of H-pyrrole nitrogens is 1. The van der Waals surface area contributed by atoms with Crippen LogP contribution in [0.15, 0.2) is 66.4 Å². The molecule has 292 valence electrons. The molecule has 2 aliphatic carbocycles. The summed E-state index contributed by atoms with van der Waals surface area (Å²) in [5.41, 5.74) is 15.2. The van der Waals surface area contributed by atoms with Gasteiger partial charge in [0.05, 0.1) is 33.4 Å². The number of fused-ring (bicyclic) bond motifs is 4. The van der Waals surface area contributed by atoms with Crippen LogP contribution in [0.25, 0.3) is 38.6 Å². The summed E-state index contributed by atoms with van der Waals surface area (Å²) in [4.78, 5) is 23.1. The zero-order valence-electron chi connectivity index (χ0n) is 31.9. The van der Waals surface area contributed by atoms with Gasteiger partial charge in [0.2, 0.25) is 5.91 Å². The van der Waals surface area contributed by atoms with Crippen molar-refractivity contribution in [1.82, 2.24) is 25.6 Å². The molecule has 2 aromatic heterocycles. The van der Waals surface area contributed by atoms with E-state index < -0.39 is 5.82 Å². The Morgan fingerprint density at radius 2 is 1.86 bits per heavy atom. The van der Waals surface area contributed by atoms with Gasteiger partial charge in [-0.05, 0) is 94.5 Å². The number of hydrogen-bond donors (Lipinski definition) is 5. The van der Waals surface area contributed by atoms with Crippen LogP contribution in [0, 0.1) is 35.9 Å². The van der Waals surface area contributed by atoms with E-state index in [1.165, 1.54) is 19.4 Å². The van der Waals surface area contributed by atoms with Crippen molar-refractivity contribution in [3.8, 4) is 17.2 Å². The van der Waals surface area contributed by atoms with Crippen molar-refractivity contribution < 1.29 is 9.18 Å². The molecule has 5 aliphatic rings. The quantitative estimate of drug-likeness (QED) is 0.0777. The average molecular weight is 796 g/mol. The highest BCUT2D eigenvalue weighted by molar-refractivity contribution is 6.43. The zero-order chi connectivity index (χ0) is 39.5. The van der Waals surface area contributed by atoms with Crippen molar-refractivity contribution in [2.75, 3.05) is 13.1 Å². The van der Waals surface area contributed by atoms with E-state index in [-0.39, 0.29) is 34.8 Å². The van der Waals surface area contributed by atoms with Crippen LogP contribution in [0.3, 0.4) is 0 Å². The number of aryl methyl sites for hydroxylation is 2. The number of nitrogens with one attached hydrogen (secondary N) is 3. The molecule has 5 fully saturated rings. The lowest BCUT2D eigenvalue weighted by atomic mass is 9.87. The Hall–Kier alpha value is -4.66. The van der Waals surface area contributed by atoms with Gasteiger partial charge in [-0.25, -0.2) is 9.37 Å². The van der Waals surface area contributed by atoms with E-state index in [1.54, 1.807) is 18.2 Å². The van der Waals surface area contributed by atoms with E-state index >= 15 is 4.39 Å². The summed E-state index contributed by atoms with van der Waals surface area (Å²) < 4.78 is 16.3. The number of allylic oxidation sites excluding steroid dienone is 1. The predicted octanol–water partition coefficient (Wildman–Crippen LogP) is 9.22. The second kappa shape index (κ2) is 17.2. The summed E-state index contributed by atoms with van der Waals surface area (Å²) in [5, 5.41) is 14.8. The number of pyridine rings is 1. The number of nitrogens with zero attached hydrogens (tertiary/aromatic N) is 3. The number of carbonyl (C=O) groups excluding carboxylic acids is 1. The number of nitriles is 1. The molecule has 3 aliphatic heterocycles. The van der Waals surface area contributed by atoms with Gasteiger partial charge < -0.3 is 26.4 Å². The fourth-order valence-corrected chi connectivity index (χ4v) is 8.61. The van der Waals surface area contributed by atoms with Crippen LogP contribution in [0.1, 0.15) is 86.8 Å². The van der Waals surface area contributed by atoms with E-state index in [4.69, 9.17) is 34.8 Å². The highest BCUT2D eigenvalue weighted by Gasteiger charge is 2.39. The molecule has 9 nitrogen and oxygen atoms in total. The maximum Gasteiger partial charge on any atom is 0.226 e. The molecule has 5 heterocycles. The Bertz CT molecular complexity index is 2300. The molecule has 12 heteroatoms. The van der Waals surface area contributed by atoms with Gasteiger partial charge in [0.15, 0.2) is 5.82 Å². The van der Waals surface area contributed by atoms with Crippen LogP contribution in [-0.2, 0) is 11.2 Å². The van der Waals surface area contributed by atoms with Gasteiger partial charge in [-0.2, -0.15) is 5.26 Å². The highest BCUT2D eigenvalue weighted by atomic mass is 35.5. The molecule has 3 aromatic carbocycles. The van der Waals surface area contributed by atoms with Crippen LogP contribution in [0.2, 0.25) is 10.0 Å². The summed E-state index contributed by atoms with van der Waals surface area (Å²) in [6, 6.07) is 22.0. The third-order valence-corrected chi connectivity index (χ3v) is 12.3. The van der Waals surface area contributed by atoms with Crippen molar-refractivity contribution >= 4 is 56.6 Å². The molecule has 2 saturated carbocycles.